The summed E-state index contributed by atoms with van der Waals surface area (Å²) in [6.07, 6.45) is 3.16. The number of rotatable bonds is 12. The van der Waals surface area contributed by atoms with E-state index in [9.17, 15) is 0 Å². The van der Waals surface area contributed by atoms with Crippen LogP contribution in [-0.2, 0) is 0 Å². The van der Waals surface area contributed by atoms with Crippen LogP contribution in [0.2, 0.25) is 10.0 Å². The summed E-state index contributed by atoms with van der Waals surface area (Å²) >= 11 is 16.0. The van der Waals surface area contributed by atoms with Gasteiger partial charge in [-0.3, -0.25) is 0 Å². The first-order chi connectivity index (χ1) is 38.3. The van der Waals surface area contributed by atoms with Gasteiger partial charge >= 0.3 is 0 Å². The van der Waals surface area contributed by atoms with Crippen LogP contribution < -0.4 is 37.1 Å². The molecule has 7 N–H and O–H groups in total. The Morgan fingerprint density at radius 3 is 1.29 bits per heavy atom. The maximum atomic E-state index is 9.08. The number of ether oxygens (including phenoxy) is 1. The fourth-order valence-electron chi connectivity index (χ4n) is 8.14. The zero-order chi connectivity index (χ0) is 57.6. The summed E-state index contributed by atoms with van der Waals surface area (Å²) in [5.74, 6) is 3.24. The maximum absolute atomic E-state index is 9.08. The highest BCUT2D eigenvalue weighted by Crippen LogP contribution is 2.36. The molecule has 80 heavy (non-hydrogen) atoms. The highest BCUT2D eigenvalue weighted by Gasteiger charge is 2.16. The Morgan fingerprint density at radius 2 is 0.850 bits per heavy atom. The SMILES string of the molecule is Cc1cc(C#N)cc(C)c1Oc1nc(Nc2ccc(C#N)cc2)ncc1Br.Cc1cc(C)c(Nc2nc(Nc3ccc(C#N)cc3)nc(N)c2Cl)c(C)c1.Cc1cc(C)c(Nc2nc(Nc3ccc(C#N)cc3)ncc2Cl)c(C)c1. The van der Waals surface area contributed by atoms with E-state index in [2.05, 4.69) is 135 Å². The minimum absolute atomic E-state index is 0.174. The molecule has 20 heteroatoms. The number of nitrogen functional groups attached to an aromatic ring is 1. The van der Waals surface area contributed by atoms with Gasteiger partial charge in [0, 0.05) is 28.4 Å². The van der Waals surface area contributed by atoms with Crippen LogP contribution in [-0.4, -0.2) is 29.9 Å². The molecule has 3 aromatic heterocycles. The summed E-state index contributed by atoms with van der Waals surface area (Å²) in [6.45, 7) is 16.0. The second kappa shape index (κ2) is 26.5. The van der Waals surface area contributed by atoms with Crippen LogP contribution in [0.25, 0.3) is 0 Å². The van der Waals surface area contributed by atoms with Gasteiger partial charge in [-0.05, 0) is 190 Å². The minimum Gasteiger partial charge on any atom is -0.437 e. The van der Waals surface area contributed by atoms with Gasteiger partial charge < -0.3 is 37.1 Å². The molecule has 17 nitrogen and oxygen atoms in total. The molecule has 0 saturated heterocycles. The number of aromatic nitrogens is 6. The number of hydrogen-bond acceptors (Lipinski definition) is 17. The molecule has 0 bridgehead atoms. The Hall–Kier alpha value is -9.82. The first kappa shape index (κ1) is 57.9. The van der Waals surface area contributed by atoms with E-state index in [4.69, 9.17) is 54.7 Å². The van der Waals surface area contributed by atoms with Crippen molar-refractivity contribution in [3.8, 4) is 35.9 Å². The van der Waals surface area contributed by atoms with Gasteiger partial charge in [0.1, 0.15) is 21.6 Å². The molecule has 0 atom stereocenters. The summed E-state index contributed by atoms with van der Waals surface area (Å²) in [6, 6.07) is 41.3. The van der Waals surface area contributed by atoms with Crippen molar-refractivity contribution in [3.05, 3.63) is 203 Å². The third kappa shape index (κ3) is 15.2. The van der Waals surface area contributed by atoms with Gasteiger partial charge in [0.2, 0.25) is 23.7 Å². The molecule has 0 aliphatic rings. The zero-order valence-corrected chi connectivity index (χ0v) is 47.7. The molecule has 0 amide bonds. The van der Waals surface area contributed by atoms with Crippen LogP contribution in [0.3, 0.4) is 0 Å². The fraction of sp³-hybridized carbons (Fsp3) is 0.133. The van der Waals surface area contributed by atoms with E-state index in [-0.39, 0.29) is 10.8 Å². The van der Waals surface area contributed by atoms with Gasteiger partial charge in [-0.25, -0.2) is 9.97 Å². The van der Waals surface area contributed by atoms with Crippen molar-refractivity contribution < 1.29 is 4.74 Å². The number of benzene rings is 6. The summed E-state index contributed by atoms with van der Waals surface area (Å²) in [7, 11) is 0. The molecule has 9 aromatic rings. The number of halogens is 3. The summed E-state index contributed by atoms with van der Waals surface area (Å²) < 4.78 is 6.60. The molecule has 0 aliphatic heterocycles. The van der Waals surface area contributed by atoms with Crippen molar-refractivity contribution in [2.75, 3.05) is 32.3 Å². The van der Waals surface area contributed by atoms with Crippen LogP contribution in [0.15, 0.2) is 126 Å². The second-order valence-corrected chi connectivity index (χ2v) is 19.9. The lowest BCUT2D eigenvalue weighted by Gasteiger charge is -2.16. The van der Waals surface area contributed by atoms with E-state index in [1.807, 2.05) is 41.5 Å². The Labute approximate surface area is 482 Å². The van der Waals surface area contributed by atoms with Crippen LogP contribution in [0.1, 0.15) is 66.8 Å². The average Bonchev–Trinajstić information content (AvgIpc) is 3.43. The van der Waals surface area contributed by atoms with Gasteiger partial charge in [-0.2, -0.15) is 41.0 Å². The van der Waals surface area contributed by atoms with Crippen LogP contribution in [0.4, 0.5) is 63.7 Å². The standard InChI is InChI=1S/C20H14BrN5O.C20H19ClN6.C20H18ClN5/c1-12-7-15(10-23)8-13(2)18(12)27-19-17(21)11-24-20(26-19)25-16-5-3-14(9-22)4-6-16;1-11-8-12(2)17(13(3)9-11)25-19-16(21)18(23)26-20(27-19)24-15-6-4-14(10-22)5-7-15;1-12-8-13(2)18(14(3)9-12)25-19-17(21)11-23-20(26-19)24-16-6-4-15(10-22)5-7-16/h3-8,11H,1-2H3,(H,24,25,26);4-9H,1-3H3,(H4,23,24,25,26,27);4-9,11H,1-3H3,(H2,23,24,25,26). The minimum atomic E-state index is 0.174. The van der Waals surface area contributed by atoms with Crippen molar-refractivity contribution in [2.24, 2.45) is 0 Å². The molecular weight excluding hydrogens is 1110 g/mol. The Bertz CT molecular complexity index is 3850. The quantitative estimate of drug-likeness (QED) is 0.0664. The zero-order valence-electron chi connectivity index (χ0n) is 44.6. The van der Waals surface area contributed by atoms with Gasteiger partial charge in [-0.1, -0.05) is 58.6 Å². The molecule has 6 aromatic carbocycles. The van der Waals surface area contributed by atoms with E-state index < -0.39 is 0 Å². The Kier molecular flexibility index (Phi) is 19.2. The third-order valence-corrected chi connectivity index (χ3v) is 13.0. The predicted octanol–water partition coefficient (Wildman–Crippen LogP) is 15.5. The molecule has 3 heterocycles. The van der Waals surface area contributed by atoms with Crippen molar-refractivity contribution >= 4 is 103 Å². The third-order valence-electron chi connectivity index (χ3n) is 11.8. The molecule has 9 rings (SSSR count). The van der Waals surface area contributed by atoms with Crippen molar-refractivity contribution in [1.29, 1.82) is 21.0 Å². The number of nitrogens with two attached hydrogens (primary N) is 1. The second-order valence-electron chi connectivity index (χ2n) is 18.2. The molecule has 0 spiro atoms. The van der Waals surface area contributed by atoms with Crippen LogP contribution in [0.5, 0.6) is 11.6 Å². The summed E-state index contributed by atoms with van der Waals surface area (Å²) in [5, 5.41) is 52.3. The summed E-state index contributed by atoms with van der Waals surface area (Å²) in [4.78, 5) is 26.0. The normalized spacial score (nSPS) is 10.2. The van der Waals surface area contributed by atoms with E-state index in [1.54, 1.807) is 97.3 Å². The molecule has 0 aliphatic carbocycles. The van der Waals surface area contributed by atoms with Crippen molar-refractivity contribution in [1.82, 2.24) is 29.9 Å². The van der Waals surface area contributed by atoms with Crippen molar-refractivity contribution in [3.63, 3.8) is 0 Å². The van der Waals surface area contributed by atoms with E-state index in [0.29, 0.717) is 72.9 Å². The summed E-state index contributed by atoms with van der Waals surface area (Å²) in [5.41, 5.74) is 21.0. The number of aryl methyl sites for hydroxylation is 8. The molecule has 0 fully saturated rings. The maximum Gasteiger partial charge on any atom is 0.238 e. The molecular formula is C60H51BrCl2N16O. The molecule has 398 valence electrons. The van der Waals surface area contributed by atoms with E-state index in [1.165, 1.54) is 11.1 Å². The van der Waals surface area contributed by atoms with Crippen molar-refractivity contribution in [2.45, 2.75) is 55.4 Å². The lowest BCUT2D eigenvalue weighted by Crippen LogP contribution is -2.06. The topological polar surface area (TPSA) is 268 Å². The lowest BCUT2D eigenvalue weighted by atomic mass is 10.1. The fourth-order valence-corrected chi connectivity index (χ4v) is 8.68. The molecule has 0 unspecified atom stereocenters. The number of nitriles is 4. The van der Waals surface area contributed by atoms with Crippen LogP contribution in [0, 0.1) is 101 Å². The first-order valence-electron chi connectivity index (χ1n) is 24.4. The molecule has 0 radical (unpaired) electrons. The largest absolute Gasteiger partial charge is 0.437 e. The Balaban J connectivity index is 0.000000173. The number of hydrogen-bond donors (Lipinski definition) is 6. The van der Waals surface area contributed by atoms with Gasteiger partial charge in [-0.15, -0.1) is 0 Å². The highest BCUT2D eigenvalue weighted by atomic mass is 79.9. The van der Waals surface area contributed by atoms with E-state index >= 15 is 0 Å². The van der Waals surface area contributed by atoms with Gasteiger partial charge in [0.25, 0.3) is 0 Å². The highest BCUT2D eigenvalue weighted by molar-refractivity contribution is 9.10. The predicted molar refractivity (Wildman–Crippen MR) is 320 cm³/mol. The first-order valence-corrected chi connectivity index (χ1v) is 26.0. The van der Waals surface area contributed by atoms with Crippen LogP contribution >= 0.6 is 39.1 Å². The Morgan fingerprint density at radius 1 is 0.463 bits per heavy atom. The van der Waals surface area contributed by atoms with E-state index in [0.717, 1.165) is 61.8 Å². The monoisotopic (exact) mass is 1160 g/mol. The van der Waals surface area contributed by atoms with Gasteiger partial charge in [0.15, 0.2) is 11.6 Å². The number of nitrogens with zero attached hydrogens (tertiary/aromatic N) is 10. The number of nitrogens with one attached hydrogen (secondary N) is 5. The molecule has 0 saturated carbocycles. The average molecular weight is 1160 g/mol. The number of anilines is 11. The lowest BCUT2D eigenvalue weighted by molar-refractivity contribution is 0.452. The van der Waals surface area contributed by atoms with Gasteiger partial charge in [0.05, 0.1) is 63.4 Å². The smallest absolute Gasteiger partial charge is 0.238 e.